The Balaban J connectivity index is 2.04. The molecule has 0 radical (unpaired) electrons. The van der Waals surface area contributed by atoms with Crippen LogP contribution in [0.1, 0.15) is 13.3 Å². The molecule has 5 heteroatoms. The van der Waals surface area contributed by atoms with E-state index in [9.17, 15) is 9.59 Å². The van der Waals surface area contributed by atoms with Gasteiger partial charge in [0.15, 0.2) is 6.61 Å². The van der Waals surface area contributed by atoms with Gasteiger partial charge in [-0.3, -0.25) is 9.59 Å². The molecule has 1 amide bonds. The molecule has 0 unspecified atom stereocenters. The molecular formula is C19H21NO4. The standard InChI is InChI=1S/C19H21NO4/c1-2-20(13-12-19(22)23)18(21)14-24-17-11-7-6-10-16(17)15-8-4-3-5-9-15/h3-11H,2,12-14H2,1H3,(H,22,23). The van der Waals surface area contributed by atoms with Crippen LogP contribution in [-0.4, -0.2) is 41.6 Å². The predicted molar refractivity (Wildman–Crippen MR) is 91.9 cm³/mol. The van der Waals surface area contributed by atoms with Crippen LogP contribution in [0.3, 0.4) is 0 Å². The van der Waals surface area contributed by atoms with E-state index in [1.165, 1.54) is 4.90 Å². The molecule has 24 heavy (non-hydrogen) atoms. The number of carboxylic acids is 1. The van der Waals surface area contributed by atoms with Gasteiger partial charge in [-0.05, 0) is 18.6 Å². The summed E-state index contributed by atoms with van der Waals surface area (Å²) in [4.78, 5) is 24.4. The molecule has 0 saturated heterocycles. The molecule has 0 aliphatic carbocycles. The first-order chi connectivity index (χ1) is 11.6. The predicted octanol–water partition coefficient (Wildman–Crippen LogP) is 3.06. The van der Waals surface area contributed by atoms with Crippen molar-refractivity contribution in [2.24, 2.45) is 0 Å². The molecule has 1 N–H and O–H groups in total. The summed E-state index contributed by atoms with van der Waals surface area (Å²) in [5, 5.41) is 8.74. The summed E-state index contributed by atoms with van der Waals surface area (Å²) < 4.78 is 5.70. The molecule has 2 rings (SSSR count). The molecule has 0 fully saturated rings. The van der Waals surface area contributed by atoms with Gasteiger partial charge in [-0.1, -0.05) is 48.5 Å². The van der Waals surface area contributed by atoms with Gasteiger partial charge in [-0.2, -0.15) is 0 Å². The van der Waals surface area contributed by atoms with Crippen molar-refractivity contribution < 1.29 is 19.4 Å². The molecule has 0 atom stereocenters. The third kappa shape index (κ3) is 4.84. The van der Waals surface area contributed by atoms with Gasteiger partial charge in [-0.15, -0.1) is 0 Å². The molecule has 0 heterocycles. The van der Waals surface area contributed by atoms with Crippen molar-refractivity contribution in [3.63, 3.8) is 0 Å². The number of ether oxygens (including phenoxy) is 1. The Bertz CT molecular complexity index is 685. The van der Waals surface area contributed by atoms with Gasteiger partial charge in [0.2, 0.25) is 0 Å². The normalized spacial score (nSPS) is 10.2. The number of amides is 1. The van der Waals surface area contributed by atoms with Crippen LogP contribution in [-0.2, 0) is 9.59 Å². The Labute approximate surface area is 141 Å². The molecule has 0 aliphatic rings. The second-order valence-corrected chi connectivity index (χ2v) is 5.27. The molecule has 2 aromatic carbocycles. The van der Waals surface area contributed by atoms with Gasteiger partial charge in [0.05, 0.1) is 6.42 Å². The van der Waals surface area contributed by atoms with E-state index in [-0.39, 0.29) is 25.5 Å². The average Bonchev–Trinajstić information content (AvgIpc) is 2.61. The van der Waals surface area contributed by atoms with Crippen molar-refractivity contribution in [3.8, 4) is 16.9 Å². The summed E-state index contributed by atoms with van der Waals surface area (Å²) in [6.45, 7) is 2.35. The van der Waals surface area contributed by atoms with Gasteiger partial charge in [0, 0.05) is 18.7 Å². The maximum Gasteiger partial charge on any atom is 0.305 e. The van der Waals surface area contributed by atoms with Crippen molar-refractivity contribution in [3.05, 3.63) is 54.6 Å². The van der Waals surface area contributed by atoms with E-state index in [2.05, 4.69) is 0 Å². The highest BCUT2D eigenvalue weighted by atomic mass is 16.5. The van der Waals surface area contributed by atoms with Crippen molar-refractivity contribution in [2.75, 3.05) is 19.7 Å². The number of nitrogens with zero attached hydrogens (tertiary/aromatic N) is 1. The number of rotatable bonds is 8. The lowest BCUT2D eigenvalue weighted by atomic mass is 10.1. The molecule has 126 valence electrons. The maximum absolute atomic E-state index is 12.2. The fraction of sp³-hybridized carbons (Fsp3) is 0.263. The van der Waals surface area contributed by atoms with E-state index < -0.39 is 5.97 Å². The second kappa shape index (κ2) is 8.72. The molecule has 0 aromatic heterocycles. The topological polar surface area (TPSA) is 66.8 Å². The highest BCUT2D eigenvalue weighted by Crippen LogP contribution is 2.29. The quantitative estimate of drug-likeness (QED) is 0.809. The Morgan fingerprint density at radius 1 is 1.04 bits per heavy atom. The van der Waals surface area contributed by atoms with E-state index >= 15 is 0 Å². The number of likely N-dealkylation sites (N-methyl/N-ethyl adjacent to an activating group) is 1. The monoisotopic (exact) mass is 327 g/mol. The summed E-state index contributed by atoms with van der Waals surface area (Å²) >= 11 is 0. The first-order valence-corrected chi connectivity index (χ1v) is 7.88. The molecule has 0 bridgehead atoms. The zero-order chi connectivity index (χ0) is 17.4. The van der Waals surface area contributed by atoms with Crippen LogP contribution >= 0.6 is 0 Å². The van der Waals surface area contributed by atoms with Crippen molar-refractivity contribution >= 4 is 11.9 Å². The van der Waals surface area contributed by atoms with E-state index in [4.69, 9.17) is 9.84 Å². The number of hydrogen-bond acceptors (Lipinski definition) is 3. The number of aliphatic carboxylic acids is 1. The third-order valence-electron chi connectivity index (χ3n) is 3.65. The van der Waals surface area contributed by atoms with Gasteiger partial charge in [0.25, 0.3) is 5.91 Å². The summed E-state index contributed by atoms with van der Waals surface area (Å²) in [7, 11) is 0. The van der Waals surface area contributed by atoms with Crippen LogP contribution < -0.4 is 4.74 Å². The van der Waals surface area contributed by atoms with Gasteiger partial charge in [0.1, 0.15) is 5.75 Å². The van der Waals surface area contributed by atoms with E-state index in [0.29, 0.717) is 12.3 Å². The van der Waals surface area contributed by atoms with E-state index in [1.54, 1.807) is 0 Å². The number of carbonyl (C=O) groups excluding carboxylic acids is 1. The molecule has 0 aliphatic heterocycles. The zero-order valence-corrected chi connectivity index (χ0v) is 13.6. The minimum absolute atomic E-state index is 0.0693. The second-order valence-electron chi connectivity index (χ2n) is 5.27. The lowest BCUT2D eigenvalue weighted by Crippen LogP contribution is -2.36. The number of benzene rings is 2. The van der Waals surface area contributed by atoms with Crippen molar-refractivity contribution in [2.45, 2.75) is 13.3 Å². The molecule has 5 nitrogen and oxygen atoms in total. The van der Waals surface area contributed by atoms with Crippen LogP contribution in [0.25, 0.3) is 11.1 Å². The molecule has 0 saturated carbocycles. The summed E-state index contributed by atoms with van der Waals surface area (Å²) in [5.41, 5.74) is 1.93. The molecule has 2 aromatic rings. The highest BCUT2D eigenvalue weighted by Gasteiger charge is 2.15. The summed E-state index contributed by atoms with van der Waals surface area (Å²) in [6.07, 6.45) is -0.0693. The number of carboxylic acid groups (broad SMARTS) is 1. The first-order valence-electron chi connectivity index (χ1n) is 7.88. The lowest BCUT2D eigenvalue weighted by molar-refractivity contribution is -0.139. The van der Waals surface area contributed by atoms with Crippen molar-refractivity contribution in [1.29, 1.82) is 0 Å². The number of carbonyl (C=O) groups is 2. The Morgan fingerprint density at radius 2 is 1.71 bits per heavy atom. The summed E-state index contributed by atoms with van der Waals surface area (Å²) in [6, 6.07) is 17.3. The third-order valence-corrected chi connectivity index (χ3v) is 3.65. The van der Waals surface area contributed by atoms with Gasteiger partial charge in [-0.25, -0.2) is 0 Å². The summed E-state index contributed by atoms with van der Waals surface area (Å²) in [5.74, 6) is -0.510. The van der Waals surface area contributed by atoms with Gasteiger partial charge >= 0.3 is 5.97 Å². The smallest absolute Gasteiger partial charge is 0.305 e. The van der Waals surface area contributed by atoms with Crippen LogP contribution in [0.15, 0.2) is 54.6 Å². The number of hydrogen-bond donors (Lipinski definition) is 1. The van der Waals surface area contributed by atoms with Crippen LogP contribution in [0.5, 0.6) is 5.75 Å². The number of para-hydroxylation sites is 1. The molecule has 0 spiro atoms. The fourth-order valence-electron chi connectivity index (χ4n) is 2.37. The Morgan fingerprint density at radius 3 is 2.38 bits per heavy atom. The lowest BCUT2D eigenvalue weighted by Gasteiger charge is -2.20. The van der Waals surface area contributed by atoms with Crippen LogP contribution in [0, 0.1) is 0 Å². The van der Waals surface area contributed by atoms with E-state index in [0.717, 1.165) is 11.1 Å². The van der Waals surface area contributed by atoms with Crippen molar-refractivity contribution in [1.82, 2.24) is 4.90 Å². The van der Waals surface area contributed by atoms with E-state index in [1.807, 2.05) is 61.5 Å². The Hall–Kier alpha value is -2.82. The highest BCUT2D eigenvalue weighted by molar-refractivity contribution is 5.79. The largest absolute Gasteiger partial charge is 0.483 e. The van der Waals surface area contributed by atoms with Crippen LogP contribution in [0.2, 0.25) is 0 Å². The zero-order valence-electron chi connectivity index (χ0n) is 13.6. The SMILES string of the molecule is CCN(CCC(=O)O)C(=O)COc1ccccc1-c1ccccc1. The fourth-order valence-corrected chi connectivity index (χ4v) is 2.37. The van der Waals surface area contributed by atoms with Gasteiger partial charge < -0.3 is 14.7 Å². The first kappa shape index (κ1) is 17.5. The minimum Gasteiger partial charge on any atom is -0.483 e. The Kier molecular flexibility index (Phi) is 6.37. The maximum atomic E-state index is 12.2. The average molecular weight is 327 g/mol. The molecular weight excluding hydrogens is 306 g/mol. The van der Waals surface area contributed by atoms with Crippen LogP contribution in [0.4, 0.5) is 0 Å². The minimum atomic E-state index is -0.920.